The average Bonchev–Trinajstić information content (AvgIpc) is 2.30. The number of unbranched alkanes of at least 4 members (excludes halogenated alkanes) is 10. The second kappa shape index (κ2) is 13.3. The van der Waals surface area contributed by atoms with Gasteiger partial charge in [0.05, 0.1) is 6.61 Å². The van der Waals surface area contributed by atoms with E-state index in [0.29, 0.717) is 6.61 Å². The Balaban J connectivity index is 2.91. The van der Waals surface area contributed by atoms with E-state index in [4.69, 9.17) is 0 Å². The molecule has 0 N–H and O–H groups in total. The number of carbonyl (C=O) groups excluding carboxylic acids is 1. The van der Waals surface area contributed by atoms with Gasteiger partial charge in [0.25, 0.3) is 0 Å². The van der Waals surface area contributed by atoms with Gasteiger partial charge in [-0.25, -0.2) is 0 Å². The van der Waals surface area contributed by atoms with E-state index >= 15 is 0 Å². The van der Waals surface area contributed by atoms with Crippen molar-refractivity contribution in [1.29, 1.82) is 0 Å². The molecule has 0 atom stereocenters. The van der Waals surface area contributed by atoms with E-state index in [0.717, 1.165) is 12.8 Å². The number of rotatable bonds is 12. The van der Waals surface area contributed by atoms with Crippen LogP contribution in [-0.4, -0.2) is 12.8 Å². The summed E-state index contributed by atoms with van der Waals surface area (Å²) in [5.74, 6) is 0. The summed E-state index contributed by atoms with van der Waals surface area (Å²) in [6.07, 6.45) is 12.4. The molecule has 0 aliphatic carbocycles. The standard InChI is InChI=1S/C14H27O3/c1-2-3-4-5-6-7-8-9-10-11-12-13-17-14(15)16/h2-13H2,1H3. The monoisotopic (exact) mass is 243 g/mol. The number of hydrogen-bond acceptors (Lipinski definition) is 2. The molecule has 1 radical (unpaired) electrons. The Bertz CT molecular complexity index is 169. The summed E-state index contributed by atoms with van der Waals surface area (Å²) in [7, 11) is 0. The fourth-order valence-corrected chi connectivity index (χ4v) is 1.92. The predicted octanol–water partition coefficient (Wildman–Crippen LogP) is 4.86. The van der Waals surface area contributed by atoms with Crippen molar-refractivity contribution in [3.8, 4) is 0 Å². The first-order valence-electron chi connectivity index (χ1n) is 7.11. The Morgan fingerprint density at radius 3 is 1.59 bits per heavy atom. The molecule has 3 heteroatoms. The van der Waals surface area contributed by atoms with Gasteiger partial charge in [-0.05, 0) is 6.42 Å². The summed E-state index contributed by atoms with van der Waals surface area (Å²) in [6, 6.07) is 0. The summed E-state index contributed by atoms with van der Waals surface area (Å²) in [5, 5.41) is 9.95. The van der Waals surface area contributed by atoms with Gasteiger partial charge in [-0.3, -0.25) is 0 Å². The van der Waals surface area contributed by atoms with E-state index < -0.39 is 6.16 Å². The Morgan fingerprint density at radius 2 is 1.18 bits per heavy atom. The van der Waals surface area contributed by atoms with Gasteiger partial charge >= 0.3 is 6.16 Å². The molecule has 0 amide bonds. The molecular formula is C14H27O3. The first kappa shape index (κ1) is 16.3. The van der Waals surface area contributed by atoms with E-state index in [1.807, 2.05) is 0 Å². The van der Waals surface area contributed by atoms with Gasteiger partial charge in [-0.15, -0.1) is 0 Å². The van der Waals surface area contributed by atoms with Crippen LogP contribution in [0.2, 0.25) is 0 Å². The molecule has 0 saturated heterocycles. The molecule has 17 heavy (non-hydrogen) atoms. The zero-order valence-corrected chi connectivity index (χ0v) is 11.2. The maximum atomic E-state index is 9.95. The number of hydrogen-bond donors (Lipinski definition) is 0. The molecule has 0 aromatic carbocycles. The van der Waals surface area contributed by atoms with Crippen LogP contribution < -0.4 is 0 Å². The molecule has 0 fully saturated rings. The van der Waals surface area contributed by atoms with Crippen molar-refractivity contribution in [2.24, 2.45) is 0 Å². The first-order valence-corrected chi connectivity index (χ1v) is 7.11. The summed E-state index contributed by atoms with van der Waals surface area (Å²) in [6.45, 7) is 2.53. The molecule has 0 heterocycles. The lowest BCUT2D eigenvalue weighted by atomic mass is 10.1. The predicted molar refractivity (Wildman–Crippen MR) is 68.5 cm³/mol. The minimum atomic E-state index is -1.41. The van der Waals surface area contributed by atoms with Crippen LogP contribution >= 0.6 is 0 Å². The van der Waals surface area contributed by atoms with Crippen molar-refractivity contribution in [2.75, 3.05) is 6.61 Å². The fraction of sp³-hybridized carbons (Fsp3) is 0.929. The molecule has 0 unspecified atom stereocenters. The van der Waals surface area contributed by atoms with Gasteiger partial charge in [0.2, 0.25) is 0 Å². The van der Waals surface area contributed by atoms with E-state index in [9.17, 15) is 9.90 Å². The van der Waals surface area contributed by atoms with Crippen LogP contribution in [0.15, 0.2) is 0 Å². The van der Waals surface area contributed by atoms with Crippen molar-refractivity contribution >= 4 is 6.16 Å². The highest BCUT2D eigenvalue weighted by molar-refractivity contribution is 5.56. The highest BCUT2D eigenvalue weighted by Gasteiger charge is 1.98. The third-order valence-corrected chi connectivity index (χ3v) is 2.97. The molecule has 0 aliphatic heterocycles. The van der Waals surface area contributed by atoms with Gasteiger partial charge in [0.1, 0.15) is 0 Å². The number of carbonyl (C=O) groups is 1. The van der Waals surface area contributed by atoms with Gasteiger partial charge < -0.3 is 4.74 Å². The van der Waals surface area contributed by atoms with Crippen LogP contribution in [-0.2, 0) is 9.84 Å². The number of ether oxygens (including phenoxy) is 1. The summed E-state index contributed by atoms with van der Waals surface area (Å²) < 4.78 is 4.33. The van der Waals surface area contributed by atoms with Crippen molar-refractivity contribution in [3.63, 3.8) is 0 Å². The maximum Gasteiger partial charge on any atom is 0.549 e. The van der Waals surface area contributed by atoms with Gasteiger partial charge in [-0.1, -0.05) is 71.1 Å². The molecule has 0 saturated carbocycles. The van der Waals surface area contributed by atoms with E-state index in [1.54, 1.807) is 0 Å². The lowest BCUT2D eigenvalue weighted by Gasteiger charge is -2.02. The Morgan fingerprint density at radius 1 is 0.765 bits per heavy atom. The van der Waals surface area contributed by atoms with Crippen LogP contribution in [0.5, 0.6) is 0 Å². The van der Waals surface area contributed by atoms with Gasteiger partial charge in [-0.2, -0.15) is 9.90 Å². The molecule has 0 bridgehead atoms. The van der Waals surface area contributed by atoms with Gasteiger partial charge in [0.15, 0.2) is 0 Å². The maximum absolute atomic E-state index is 9.95. The van der Waals surface area contributed by atoms with Crippen molar-refractivity contribution in [3.05, 3.63) is 0 Å². The molecule has 0 aromatic heterocycles. The second-order valence-corrected chi connectivity index (χ2v) is 4.63. The van der Waals surface area contributed by atoms with Crippen LogP contribution in [0.4, 0.5) is 4.79 Å². The Hall–Kier alpha value is -0.730. The van der Waals surface area contributed by atoms with Crippen molar-refractivity contribution in [2.45, 2.75) is 77.6 Å². The SMILES string of the molecule is CCCCCCCCCCCCCOC([O])=O. The first-order chi connectivity index (χ1) is 8.27. The molecule has 0 rings (SSSR count). The zero-order chi connectivity index (χ0) is 12.8. The van der Waals surface area contributed by atoms with Crippen LogP contribution in [0.25, 0.3) is 0 Å². The van der Waals surface area contributed by atoms with Crippen molar-refractivity contribution < 1.29 is 14.6 Å². The largest absolute Gasteiger partial charge is 0.549 e. The van der Waals surface area contributed by atoms with Crippen LogP contribution in [0.1, 0.15) is 77.6 Å². The average molecular weight is 243 g/mol. The second-order valence-electron chi connectivity index (χ2n) is 4.63. The third kappa shape index (κ3) is 15.3. The smallest absolute Gasteiger partial charge is 0.432 e. The molecule has 0 spiro atoms. The Kier molecular flexibility index (Phi) is 12.8. The zero-order valence-electron chi connectivity index (χ0n) is 11.2. The topological polar surface area (TPSA) is 46.2 Å². The fourth-order valence-electron chi connectivity index (χ4n) is 1.92. The molecule has 0 aliphatic rings. The highest BCUT2D eigenvalue weighted by atomic mass is 16.7. The van der Waals surface area contributed by atoms with E-state index in [1.165, 1.54) is 57.8 Å². The minimum Gasteiger partial charge on any atom is -0.432 e. The van der Waals surface area contributed by atoms with Gasteiger partial charge in [0, 0.05) is 0 Å². The lowest BCUT2D eigenvalue weighted by Crippen LogP contribution is -1.99. The van der Waals surface area contributed by atoms with Crippen molar-refractivity contribution in [1.82, 2.24) is 0 Å². The molecule has 0 aromatic rings. The molecule has 101 valence electrons. The van der Waals surface area contributed by atoms with E-state index in [2.05, 4.69) is 11.7 Å². The lowest BCUT2D eigenvalue weighted by molar-refractivity contribution is 0.0664. The summed E-state index contributed by atoms with van der Waals surface area (Å²) in [5.41, 5.74) is 0. The summed E-state index contributed by atoms with van der Waals surface area (Å²) >= 11 is 0. The van der Waals surface area contributed by atoms with E-state index in [-0.39, 0.29) is 0 Å². The summed E-state index contributed by atoms with van der Waals surface area (Å²) in [4.78, 5) is 9.95. The van der Waals surface area contributed by atoms with Crippen LogP contribution in [0, 0.1) is 0 Å². The normalized spacial score (nSPS) is 10.4. The van der Waals surface area contributed by atoms with Crippen LogP contribution in [0.3, 0.4) is 0 Å². The quantitative estimate of drug-likeness (QED) is 0.363. The Labute approximate surface area is 106 Å². The minimum absolute atomic E-state index is 0.291. The third-order valence-electron chi connectivity index (χ3n) is 2.97. The highest BCUT2D eigenvalue weighted by Crippen LogP contribution is 2.11. The molecular weight excluding hydrogens is 216 g/mol. The molecule has 3 nitrogen and oxygen atoms in total.